The van der Waals surface area contributed by atoms with Gasteiger partial charge in [0.25, 0.3) is 0 Å². The van der Waals surface area contributed by atoms with E-state index >= 15 is 0 Å². The van der Waals surface area contributed by atoms with Gasteiger partial charge in [-0.1, -0.05) is 146 Å². The van der Waals surface area contributed by atoms with E-state index in [1.54, 1.807) is 0 Å². The number of benzene rings is 6. The normalized spacial score (nSPS) is 11.3. The van der Waals surface area contributed by atoms with E-state index < -0.39 is 0 Å². The van der Waals surface area contributed by atoms with Crippen LogP contribution in [-0.4, -0.2) is 15.0 Å². The van der Waals surface area contributed by atoms with Gasteiger partial charge in [0.15, 0.2) is 0 Å². The third-order valence-corrected chi connectivity index (χ3v) is 9.04. The standard InChI is InChI=1S/C45H29N3/c1-3-12-31(13-4-1)42-28-37(29-43(46-42)32-14-5-2-6-15-32)35-17-9-18-36(27-35)40-25-23-33-21-22-34-24-26-41(48-45(34)44(33)47-40)39-20-10-16-30-11-7-8-19-38(30)39/h1-29H. The van der Waals surface area contributed by atoms with Crippen LogP contribution in [0.15, 0.2) is 176 Å². The summed E-state index contributed by atoms with van der Waals surface area (Å²) in [6.45, 7) is 0. The molecule has 3 nitrogen and oxygen atoms in total. The van der Waals surface area contributed by atoms with Crippen LogP contribution in [0.25, 0.3) is 88.7 Å². The summed E-state index contributed by atoms with van der Waals surface area (Å²) in [4.78, 5) is 15.6. The molecule has 0 aliphatic heterocycles. The van der Waals surface area contributed by atoms with Gasteiger partial charge in [-0.3, -0.25) is 0 Å². The Bertz CT molecular complexity index is 2550. The van der Waals surface area contributed by atoms with Gasteiger partial charge in [-0.05, 0) is 52.2 Å². The Morgan fingerprint density at radius 3 is 1.50 bits per heavy atom. The Kier molecular flexibility index (Phi) is 6.80. The van der Waals surface area contributed by atoms with E-state index in [-0.39, 0.29) is 0 Å². The van der Waals surface area contributed by atoms with Gasteiger partial charge in [0.05, 0.1) is 33.8 Å². The third-order valence-electron chi connectivity index (χ3n) is 9.04. The Hall–Kier alpha value is -6.45. The first-order valence-corrected chi connectivity index (χ1v) is 16.2. The monoisotopic (exact) mass is 611 g/mol. The lowest BCUT2D eigenvalue weighted by atomic mass is 9.97. The summed E-state index contributed by atoms with van der Waals surface area (Å²) in [6.07, 6.45) is 0. The topological polar surface area (TPSA) is 38.7 Å². The molecule has 6 aromatic carbocycles. The van der Waals surface area contributed by atoms with Crippen molar-refractivity contribution in [3.05, 3.63) is 176 Å². The van der Waals surface area contributed by atoms with Crippen LogP contribution in [-0.2, 0) is 0 Å². The van der Waals surface area contributed by atoms with E-state index in [4.69, 9.17) is 15.0 Å². The minimum absolute atomic E-state index is 0.902. The molecular formula is C45H29N3. The fourth-order valence-corrected chi connectivity index (χ4v) is 6.60. The lowest BCUT2D eigenvalue weighted by Crippen LogP contribution is -1.93. The number of hydrogen-bond acceptors (Lipinski definition) is 3. The van der Waals surface area contributed by atoms with E-state index in [1.165, 1.54) is 10.8 Å². The molecule has 0 spiro atoms. The molecule has 0 bridgehead atoms. The second kappa shape index (κ2) is 11.7. The summed E-state index contributed by atoms with van der Waals surface area (Å²) in [6, 6.07) is 61.4. The molecule has 224 valence electrons. The summed E-state index contributed by atoms with van der Waals surface area (Å²) in [7, 11) is 0. The van der Waals surface area contributed by atoms with Crippen molar-refractivity contribution >= 4 is 32.6 Å². The lowest BCUT2D eigenvalue weighted by Gasteiger charge is -2.12. The summed E-state index contributed by atoms with van der Waals surface area (Å²) in [5.74, 6) is 0. The zero-order valence-corrected chi connectivity index (χ0v) is 26.1. The largest absolute Gasteiger partial charge is 0.248 e. The second-order valence-corrected chi connectivity index (χ2v) is 12.1. The quantitative estimate of drug-likeness (QED) is 0.182. The fourth-order valence-electron chi connectivity index (χ4n) is 6.60. The first-order chi connectivity index (χ1) is 23.8. The predicted octanol–water partition coefficient (Wildman–Crippen LogP) is 11.7. The maximum absolute atomic E-state index is 5.26. The van der Waals surface area contributed by atoms with E-state index in [0.29, 0.717) is 0 Å². The van der Waals surface area contributed by atoms with Crippen molar-refractivity contribution < 1.29 is 0 Å². The van der Waals surface area contributed by atoms with Crippen molar-refractivity contribution in [1.82, 2.24) is 15.0 Å². The fraction of sp³-hybridized carbons (Fsp3) is 0. The molecule has 0 aliphatic carbocycles. The third kappa shape index (κ3) is 5.08. The van der Waals surface area contributed by atoms with Crippen LogP contribution in [0.3, 0.4) is 0 Å². The van der Waals surface area contributed by atoms with Crippen LogP contribution < -0.4 is 0 Å². The number of pyridine rings is 3. The number of fused-ring (bicyclic) bond motifs is 4. The van der Waals surface area contributed by atoms with Crippen molar-refractivity contribution in [3.8, 4) is 56.2 Å². The lowest BCUT2D eigenvalue weighted by molar-refractivity contribution is 1.32. The number of aromatic nitrogens is 3. The summed E-state index contributed by atoms with van der Waals surface area (Å²) in [5.41, 5.74) is 12.1. The van der Waals surface area contributed by atoms with Gasteiger partial charge in [0, 0.05) is 33.0 Å². The molecule has 0 saturated carbocycles. The smallest absolute Gasteiger partial charge is 0.0972 e. The minimum atomic E-state index is 0.902. The van der Waals surface area contributed by atoms with Gasteiger partial charge in [-0.2, -0.15) is 0 Å². The van der Waals surface area contributed by atoms with Crippen LogP contribution in [0, 0.1) is 0 Å². The van der Waals surface area contributed by atoms with Crippen LogP contribution in [0.5, 0.6) is 0 Å². The maximum atomic E-state index is 5.26. The van der Waals surface area contributed by atoms with Crippen LogP contribution in [0.4, 0.5) is 0 Å². The highest BCUT2D eigenvalue weighted by Crippen LogP contribution is 2.34. The zero-order valence-electron chi connectivity index (χ0n) is 26.1. The maximum Gasteiger partial charge on any atom is 0.0972 e. The first kappa shape index (κ1) is 27.8. The van der Waals surface area contributed by atoms with Gasteiger partial charge in [0.1, 0.15) is 0 Å². The average molecular weight is 612 g/mol. The van der Waals surface area contributed by atoms with Crippen molar-refractivity contribution in [2.45, 2.75) is 0 Å². The minimum Gasteiger partial charge on any atom is -0.248 e. The molecule has 0 radical (unpaired) electrons. The highest BCUT2D eigenvalue weighted by Gasteiger charge is 2.13. The number of rotatable bonds is 5. The zero-order chi connectivity index (χ0) is 31.9. The molecule has 0 amide bonds. The second-order valence-electron chi connectivity index (χ2n) is 12.1. The van der Waals surface area contributed by atoms with E-state index in [1.807, 2.05) is 12.1 Å². The molecule has 0 N–H and O–H groups in total. The summed E-state index contributed by atoms with van der Waals surface area (Å²) < 4.78 is 0. The summed E-state index contributed by atoms with van der Waals surface area (Å²) in [5, 5.41) is 4.54. The van der Waals surface area contributed by atoms with Gasteiger partial charge >= 0.3 is 0 Å². The van der Waals surface area contributed by atoms with Crippen LogP contribution in [0.2, 0.25) is 0 Å². The molecule has 3 aromatic heterocycles. The molecule has 9 aromatic rings. The molecule has 3 heterocycles. The molecular weight excluding hydrogens is 583 g/mol. The molecule has 0 fully saturated rings. The SMILES string of the molecule is c1ccc(-c2cc(-c3cccc(-c4ccc5ccc6ccc(-c7cccc8ccccc78)nc6c5n4)c3)cc(-c3ccccc3)n2)cc1. The van der Waals surface area contributed by atoms with Crippen molar-refractivity contribution in [1.29, 1.82) is 0 Å². The highest BCUT2D eigenvalue weighted by molar-refractivity contribution is 6.05. The van der Waals surface area contributed by atoms with E-state index in [2.05, 4.69) is 164 Å². The Balaban J connectivity index is 1.17. The Labute approximate surface area is 278 Å². The molecule has 0 unspecified atom stereocenters. The molecule has 0 atom stereocenters. The van der Waals surface area contributed by atoms with Crippen LogP contribution in [0.1, 0.15) is 0 Å². The Morgan fingerprint density at radius 1 is 0.271 bits per heavy atom. The van der Waals surface area contributed by atoms with Crippen molar-refractivity contribution in [3.63, 3.8) is 0 Å². The van der Waals surface area contributed by atoms with E-state index in [0.717, 1.165) is 78.0 Å². The Morgan fingerprint density at radius 2 is 0.792 bits per heavy atom. The van der Waals surface area contributed by atoms with E-state index in [9.17, 15) is 0 Å². The molecule has 3 heteroatoms. The van der Waals surface area contributed by atoms with Gasteiger partial charge in [-0.25, -0.2) is 15.0 Å². The van der Waals surface area contributed by atoms with Gasteiger partial charge in [0.2, 0.25) is 0 Å². The predicted molar refractivity (Wildman–Crippen MR) is 200 cm³/mol. The number of nitrogens with zero attached hydrogens (tertiary/aromatic N) is 3. The molecule has 0 saturated heterocycles. The van der Waals surface area contributed by atoms with Crippen molar-refractivity contribution in [2.24, 2.45) is 0 Å². The van der Waals surface area contributed by atoms with Gasteiger partial charge in [-0.15, -0.1) is 0 Å². The van der Waals surface area contributed by atoms with Crippen molar-refractivity contribution in [2.75, 3.05) is 0 Å². The number of hydrogen-bond donors (Lipinski definition) is 0. The first-order valence-electron chi connectivity index (χ1n) is 16.2. The average Bonchev–Trinajstić information content (AvgIpc) is 3.18. The highest BCUT2D eigenvalue weighted by atomic mass is 14.8. The molecule has 48 heavy (non-hydrogen) atoms. The van der Waals surface area contributed by atoms with Gasteiger partial charge < -0.3 is 0 Å². The van der Waals surface area contributed by atoms with Crippen LogP contribution >= 0.6 is 0 Å². The molecule has 0 aliphatic rings. The summed E-state index contributed by atoms with van der Waals surface area (Å²) >= 11 is 0. The molecule has 9 rings (SSSR count).